The molecule has 0 aromatic heterocycles. The molecule has 0 aromatic carbocycles. The van der Waals surface area contributed by atoms with Gasteiger partial charge in [0.1, 0.15) is 0 Å². The average molecular weight is 225 g/mol. The van der Waals surface area contributed by atoms with Crippen LogP contribution in [0.15, 0.2) is 0 Å². The first-order valence-corrected chi connectivity index (χ1v) is 6.83. The molecule has 94 valence electrons. The molecule has 3 nitrogen and oxygen atoms in total. The van der Waals surface area contributed by atoms with Crippen molar-refractivity contribution in [2.24, 2.45) is 0 Å². The first-order valence-electron chi connectivity index (χ1n) is 6.83. The number of nitrogens with zero attached hydrogens (tertiary/aromatic N) is 3. The lowest BCUT2D eigenvalue weighted by molar-refractivity contribution is 0.109. The summed E-state index contributed by atoms with van der Waals surface area (Å²) < 4.78 is 0. The molecule has 0 radical (unpaired) electrons. The van der Waals surface area contributed by atoms with Gasteiger partial charge in [-0.15, -0.1) is 0 Å². The van der Waals surface area contributed by atoms with Gasteiger partial charge in [-0.05, 0) is 39.9 Å². The minimum atomic E-state index is 0.842. The highest BCUT2D eigenvalue weighted by Gasteiger charge is 2.31. The Labute approximate surface area is 100 Å². The summed E-state index contributed by atoms with van der Waals surface area (Å²) in [7, 11) is 4.51. The highest BCUT2D eigenvalue weighted by Crippen LogP contribution is 2.27. The molecule has 1 saturated heterocycles. The van der Waals surface area contributed by atoms with E-state index in [4.69, 9.17) is 0 Å². The van der Waals surface area contributed by atoms with Crippen LogP contribution in [0.3, 0.4) is 0 Å². The fraction of sp³-hybridized carbons (Fsp3) is 1.00. The maximum absolute atomic E-state index is 2.73. The van der Waals surface area contributed by atoms with E-state index >= 15 is 0 Å². The summed E-state index contributed by atoms with van der Waals surface area (Å²) in [6.07, 6.45) is 4.22. The first kappa shape index (κ1) is 12.3. The molecule has 0 unspecified atom stereocenters. The summed E-state index contributed by atoms with van der Waals surface area (Å²) in [5.74, 6) is 0. The van der Waals surface area contributed by atoms with Gasteiger partial charge < -0.3 is 9.80 Å². The number of piperazine rings is 1. The highest BCUT2D eigenvalue weighted by atomic mass is 15.3. The summed E-state index contributed by atoms with van der Waals surface area (Å²) in [5, 5.41) is 0. The fourth-order valence-electron chi connectivity index (χ4n) is 3.11. The number of rotatable bonds is 3. The average Bonchev–Trinajstić information content (AvgIpc) is 2.78. The minimum Gasteiger partial charge on any atom is -0.304 e. The number of hydrogen-bond acceptors (Lipinski definition) is 3. The van der Waals surface area contributed by atoms with E-state index in [1.54, 1.807) is 0 Å². The van der Waals surface area contributed by atoms with E-state index in [2.05, 4.69) is 35.7 Å². The van der Waals surface area contributed by atoms with Crippen LogP contribution in [0, 0.1) is 0 Å². The van der Waals surface area contributed by atoms with Crippen LogP contribution in [0.5, 0.6) is 0 Å². The van der Waals surface area contributed by atoms with Crippen LogP contribution in [0.2, 0.25) is 0 Å². The van der Waals surface area contributed by atoms with E-state index < -0.39 is 0 Å². The van der Waals surface area contributed by atoms with Crippen LogP contribution in [0.1, 0.15) is 26.2 Å². The van der Waals surface area contributed by atoms with E-state index in [0.29, 0.717) is 0 Å². The largest absolute Gasteiger partial charge is 0.304 e. The standard InChI is InChI=1S/C13H27N3/c1-4-15(3)12-5-6-13(11-12)16-9-7-14(2)8-10-16/h12-13H,4-11H2,1-3H3/t12-,13+/m1/s1. The zero-order valence-corrected chi connectivity index (χ0v) is 11.2. The molecule has 0 bridgehead atoms. The summed E-state index contributed by atoms with van der Waals surface area (Å²) in [5.41, 5.74) is 0. The third-order valence-electron chi connectivity index (χ3n) is 4.55. The number of hydrogen-bond donors (Lipinski definition) is 0. The van der Waals surface area contributed by atoms with Crippen molar-refractivity contribution in [1.82, 2.24) is 14.7 Å². The van der Waals surface area contributed by atoms with Crippen molar-refractivity contribution in [2.75, 3.05) is 46.8 Å². The molecular weight excluding hydrogens is 198 g/mol. The Morgan fingerprint density at radius 3 is 2.44 bits per heavy atom. The lowest BCUT2D eigenvalue weighted by Crippen LogP contribution is -2.48. The quantitative estimate of drug-likeness (QED) is 0.712. The monoisotopic (exact) mass is 225 g/mol. The lowest BCUT2D eigenvalue weighted by Gasteiger charge is -2.36. The Hall–Kier alpha value is -0.120. The molecule has 3 heteroatoms. The summed E-state index contributed by atoms with van der Waals surface area (Å²) in [4.78, 5) is 7.70. The van der Waals surface area contributed by atoms with E-state index in [0.717, 1.165) is 12.1 Å². The van der Waals surface area contributed by atoms with Gasteiger partial charge in [-0.25, -0.2) is 0 Å². The first-order chi connectivity index (χ1) is 7.70. The van der Waals surface area contributed by atoms with Gasteiger partial charge in [0, 0.05) is 38.3 Å². The lowest BCUT2D eigenvalue weighted by atomic mass is 10.1. The third kappa shape index (κ3) is 2.76. The third-order valence-corrected chi connectivity index (χ3v) is 4.55. The molecule has 1 saturated carbocycles. The van der Waals surface area contributed by atoms with Gasteiger partial charge in [-0.3, -0.25) is 4.90 Å². The summed E-state index contributed by atoms with van der Waals surface area (Å²) >= 11 is 0. The molecule has 0 spiro atoms. The minimum absolute atomic E-state index is 0.842. The van der Waals surface area contributed by atoms with Gasteiger partial charge in [-0.2, -0.15) is 0 Å². The zero-order valence-electron chi connectivity index (χ0n) is 11.2. The van der Waals surface area contributed by atoms with Crippen molar-refractivity contribution in [3.63, 3.8) is 0 Å². The summed E-state index contributed by atoms with van der Waals surface area (Å²) in [6.45, 7) is 8.53. The van der Waals surface area contributed by atoms with E-state index in [1.807, 2.05) is 0 Å². The summed E-state index contributed by atoms with van der Waals surface area (Å²) in [6, 6.07) is 1.71. The molecule has 1 heterocycles. The van der Waals surface area contributed by atoms with E-state index in [9.17, 15) is 0 Å². The predicted molar refractivity (Wildman–Crippen MR) is 68.8 cm³/mol. The second kappa shape index (κ2) is 5.48. The SMILES string of the molecule is CCN(C)[C@@H]1CC[C@H](N2CCN(C)CC2)C1. The van der Waals surface area contributed by atoms with E-state index in [1.165, 1.54) is 52.0 Å². The molecule has 2 aliphatic rings. The number of likely N-dealkylation sites (N-methyl/N-ethyl adjacent to an activating group) is 1. The van der Waals surface area contributed by atoms with Crippen LogP contribution >= 0.6 is 0 Å². The van der Waals surface area contributed by atoms with Gasteiger partial charge in [-0.1, -0.05) is 6.92 Å². The smallest absolute Gasteiger partial charge is 0.0113 e. The molecule has 0 aromatic rings. The van der Waals surface area contributed by atoms with Gasteiger partial charge >= 0.3 is 0 Å². The molecule has 16 heavy (non-hydrogen) atoms. The maximum atomic E-state index is 2.73. The Kier molecular flexibility index (Phi) is 4.22. The molecule has 0 N–H and O–H groups in total. The maximum Gasteiger partial charge on any atom is 0.0113 e. The van der Waals surface area contributed by atoms with Gasteiger partial charge in [0.05, 0.1) is 0 Å². The topological polar surface area (TPSA) is 9.72 Å². The van der Waals surface area contributed by atoms with Crippen LogP contribution in [0.25, 0.3) is 0 Å². The Bertz CT molecular complexity index is 211. The molecule has 1 aliphatic carbocycles. The van der Waals surface area contributed by atoms with Crippen molar-refractivity contribution in [3.05, 3.63) is 0 Å². The second-order valence-corrected chi connectivity index (χ2v) is 5.53. The van der Waals surface area contributed by atoms with E-state index in [-0.39, 0.29) is 0 Å². The molecule has 0 amide bonds. The normalized spacial score (nSPS) is 33.8. The van der Waals surface area contributed by atoms with Crippen LogP contribution in [0.4, 0.5) is 0 Å². The van der Waals surface area contributed by atoms with Crippen LogP contribution in [-0.4, -0.2) is 73.6 Å². The van der Waals surface area contributed by atoms with Crippen molar-refractivity contribution in [1.29, 1.82) is 0 Å². The zero-order chi connectivity index (χ0) is 11.5. The van der Waals surface area contributed by atoms with Crippen molar-refractivity contribution >= 4 is 0 Å². The van der Waals surface area contributed by atoms with Crippen molar-refractivity contribution < 1.29 is 0 Å². The molecular formula is C13H27N3. The van der Waals surface area contributed by atoms with Crippen molar-refractivity contribution in [3.8, 4) is 0 Å². The fourth-order valence-corrected chi connectivity index (χ4v) is 3.11. The van der Waals surface area contributed by atoms with Gasteiger partial charge in [0.2, 0.25) is 0 Å². The Morgan fingerprint density at radius 1 is 1.12 bits per heavy atom. The van der Waals surface area contributed by atoms with Crippen LogP contribution < -0.4 is 0 Å². The van der Waals surface area contributed by atoms with Crippen LogP contribution in [-0.2, 0) is 0 Å². The Balaban J connectivity index is 1.80. The molecule has 2 rings (SSSR count). The van der Waals surface area contributed by atoms with Crippen molar-refractivity contribution in [2.45, 2.75) is 38.3 Å². The molecule has 2 fully saturated rings. The highest BCUT2D eigenvalue weighted by molar-refractivity contribution is 4.88. The molecule has 2 atom stereocenters. The Morgan fingerprint density at radius 2 is 1.81 bits per heavy atom. The predicted octanol–water partition coefficient (Wildman–Crippen LogP) is 1.11. The van der Waals surface area contributed by atoms with Gasteiger partial charge in [0.15, 0.2) is 0 Å². The van der Waals surface area contributed by atoms with Gasteiger partial charge in [0.25, 0.3) is 0 Å². The second-order valence-electron chi connectivity index (χ2n) is 5.53. The molecule has 1 aliphatic heterocycles.